The summed E-state index contributed by atoms with van der Waals surface area (Å²) in [7, 11) is 0. The van der Waals surface area contributed by atoms with Crippen molar-refractivity contribution < 1.29 is 0 Å². The first-order valence-electron chi connectivity index (χ1n) is 8.98. The maximum absolute atomic E-state index is 6.36. The van der Waals surface area contributed by atoms with Crippen LogP contribution in [0, 0.1) is 11.8 Å². The van der Waals surface area contributed by atoms with E-state index in [2.05, 4.69) is 72.5 Å². The Kier molecular flexibility index (Phi) is 6.55. The molecule has 0 N–H and O–H groups in total. The van der Waals surface area contributed by atoms with Crippen LogP contribution in [0.4, 0.5) is 0 Å². The fourth-order valence-corrected chi connectivity index (χ4v) is 3.32. The second-order valence-corrected chi connectivity index (χ2v) is 6.83. The van der Waals surface area contributed by atoms with Crippen LogP contribution in [0.3, 0.4) is 0 Å². The van der Waals surface area contributed by atoms with E-state index in [9.17, 15) is 0 Å². The average Bonchev–Trinajstić information content (AvgIpc) is 2.67. The average molecular weight is 347 g/mol. The van der Waals surface area contributed by atoms with E-state index in [4.69, 9.17) is 11.6 Å². The van der Waals surface area contributed by atoms with E-state index in [1.165, 1.54) is 24.0 Å². The summed E-state index contributed by atoms with van der Waals surface area (Å²) < 4.78 is 0. The third-order valence-corrected chi connectivity index (χ3v) is 4.90. The Hall–Kier alpha value is -2.23. The predicted molar refractivity (Wildman–Crippen MR) is 108 cm³/mol. The van der Waals surface area contributed by atoms with Gasteiger partial charge in [-0.2, -0.15) is 0 Å². The van der Waals surface area contributed by atoms with E-state index in [1.807, 2.05) is 12.1 Å². The van der Waals surface area contributed by atoms with Crippen LogP contribution in [0.15, 0.2) is 77.3 Å². The molecule has 0 nitrogen and oxygen atoms in total. The van der Waals surface area contributed by atoms with E-state index in [1.54, 1.807) is 0 Å². The highest BCUT2D eigenvalue weighted by Crippen LogP contribution is 2.27. The molecule has 1 unspecified atom stereocenters. The Balaban J connectivity index is 1.78. The standard InChI is InChI=1S/C24H23Cl/c25-24-17-8-7-15-23(24)19-18-22(21-13-5-2-6-14-21)16-9-12-20-10-3-1-4-11-20/h1-6,9-14,22H,7-8,15-17H2/b12-9+. The van der Waals surface area contributed by atoms with Gasteiger partial charge in [0.25, 0.3) is 0 Å². The van der Waals surface area contributed by atoms with Crippen LogP contribution in [0.2, 0.25) is 0 Å². The molecular formula is C24H23Cl. The Morgan fingerprint density at radius 2 is 1.60 bits per heavy atom. The van der Waals surface area contributed by atoms with E-state index in [-0.39, 0.29) is 5.92 Å². The monoisotopic (exact) mass is 346 g/mol. The molecule has 1 heteroatoms. The molecule has 1 aliphatic rings. The molecule has 1 atom stereocenters. The van der Waals surface area contributed by atoms with Crippen molar-refractivity contribution in [3.63, 3.8) is 0 Å². The molecule has 0 spiro atoms. The molecule has 126 valence electrons. The molecule has 3 rings (SSSR count). The Morgan fingerprint density at radius 1 is 0.920 bits per heavy atom. The van der Waals surface area contributed by atoms with E-state index < -0.39 is 0 Å². The van der Waals surface area contributed by atoms with Crippen molar-refractivity contribution in [2.24, 2.45) is 0 Å². The molecular weight excluding hydrogens is 324 g/mol. The quantitative estimate of drug-likeness (QED) is 0.526. The molecule has 0 saturated carbocycles. The molecule has 1 aliphatic carbocycles. The van der Waals surface area contributed by atoms with Gasteiger partial charge in [-0.1, -0.05) is 96.3 Å². The summed E-state index contributed by atoms with van der Waals surface area (Å²) in [5, 5.41) is 0.963. The lowest BCUT2D eigenvalue weighted by Crippen LogP contribution is -1.97. The Bertz CT molecular complexity index is 788. The van der Waals surface area contributed by atoms with Gasteiger partial charge in [0.05, 0.1) is 0 Å². The topological polar surface area (TPSA) is 0 Å². The third kappa shape index (κ3) is 5.38. The maximum Gasteiger partial charge on any atom is 0.0490 e. The van der Waals surface area contributed by atoms with Gasteiger partial charge >= 0.3 is 0 Å². The summed E-state index contributed by atoms with van der Waals surface area (Å²) in [6.45, 7) is 0. The lowest BCUT2D eigenvalue weighted by molar-refractivity contribution is 0.706. The summed E-state index contributed by atoms with van der Waals surface area (Å²) in [5.74, 6) is 7.06. The Labute approximate surface area is 156 Å². The van der Waals surface area contributed by atoms with Crippen molar-refractivity contribution in [3.8, 4) is 11.8 Å². The molecule has 0 bridgehead atoms. The van der Waals surface area contributed by atoms with Crippen molar-refractivity contribution in [3.05, 3.63) is 88.5 Å². The summed E-state index contributed by atoms with van der Waals surface area (Å²) in [6.07, 6.45) is 9.68. The summed E-state index contributed by atoms with van der Waals surface area (Å²) in [4.78, 5) is 0. The fourth-order valence-electron chi connectivity index (χ4n) is 3.04. The molecule has 0 aliphatic heterocycles. The zero-order valence-electron chi connectivity index (χ0n) is 14.4. The van der Waals surface area contributed by atoms with Gasteiger partial charge in [-0.05, 0) is 43.2 Å². The van der Waals surface area contributed by atoms with Crippen molar-refractivity contribution in [1.29, 1.82) is 0 Å². The maximum atomic E-state index is 6.36. The van der Waals surface area contributed by atoms with Gasteiger partial charge in [0, 0.05) is 16.5 Å². The smallest absolute Gasteiger partial charge is 0.0490 e. The molecule has 0 amide bonds. The Morgan fingerprint density at radius 3 is 2.32 bits per heavy atom. The first kappa shape index (κ1) is 17.6. The second-order valence-electron chi connectivity index (χ2n) is 6.37. The molecule has 25 heavy (non-hydrogen) atoms. The number of hydrogen-bond donors (Lipinski definition) is 0. The molecule has 0 saturated heterocycles. The van der Waals surface area contributed by atoms with Crippen LogP contribution >= 0.6 is 11.6 Å². The van der Waals surface area contributed by atoms with Gasteiger partial charge in [0.1, 0.15) is 0 Å². The zero-order chi connectivity index (χ0) is 17.3. The first-order valence-corrected chi connectivity index (χ1v) is 9.36. The zero-order valence-corrected chi connectivity index (χ0v) is 15.2. The van der Waals surface area contributed by atoms with E-state index in [0.717, 1.165) is 29.9 Å². The molecule has 0 fully saturated rings. The lowest BCUT2D eigenvalue weighted by Gasteiger charge is -2.12. The minimum Gasteiger partial charge on any atom is -0.0897 e. The number of hydrogen-bond acceptors (Lipinski definition) is 0. The summed E-state index contributed by atoms with van der Waals surface area (Å²) >= 11 is 6.36. The SMILES string of the molecule is ClC1=C(C#CC(C/C=C/c2ccccc2)c2ccccc2)CCCC1. The van der Waals surface area contributed by atoms with Gasteiger partial charge < -0.3 is 0 Å². The summed E-state index contributed by atoms with van der Waals surface area (Å²) in [5.41, 5.74) is 3.63. The molecule has 0 radical (unpaired) electrons. The third-order valence-electron chi connectivity index (χ3n) is 4.48. The van der Waals surface area contributed by atoms with Gasteiger partial charge in [-0.25, -0.2) is 0 Å². The highest BCUT2D eigenvalue weighted by Gasteiger charge is 2.10. The number of allylic oxidation sites excluding steroid dienone is 3. The van der Waals surface area contributed by atoms with Gasteiger partial charge in [-0.15, -0.1) is 0 Å². The van der Waals surface area contributed by atoms with Crippen LogP contribution in [-0.2, 0) is 0 Å². The predicted octanol–water partition coefficient (Wildman–Crippen LogP) is 6.94. The largest absolute Gasteiger partial charge is 0.0897 e. The van der Waals surface area contributed by atoms with Crippen molar-refractivity contribution >= 4 is 17.7 Å². The lowest BCUT2D eigenvalue weighted by atomic mass is 9.94. The number of halogens is 1. The van der Waals surface area contributed by atoms with Crippen molar-refractivity contribution in [2.75, 3.05) is 0 Å². The van der Waals surface area contributed by atoms with Crippen LogP contribution in [0.1, 0.15) is 49.1 Å². The van der Waals surface area contributed by atoms with Crippen molar-refractivity contribution in [1.82, 2.24) is 0 Å². The molecule has 2 aromatic rings. The molecule has 0 aromatic heterocycles. The number of benzene rings is 2. The second kappa shape index (κ2) is 9.30. The van der Waals surface area contributed by atoms with Crippen LogP contribution in [-0.4, -0.2) is 0 Å². The van der Waals surface area contributed by atoms with Crippen LogP contribution in [0.25, 0.3) is 6.08 Å². The highest BCUT2D eigenvalue weighted by atomic mass is 35.5. The molecule has 2 aromatic carbocycles. The van der Waals surface area contributed by atoms with Gasteiger partial charge in [0.2, 0.25) is 0 Å². The van der Waals surface area contributed by atoms with Gasteiger partial charge in [0.15, 0.2) is 0 Å². The summed E-state index contributed by atoms with van der Waals surface area (Å²) in [6, 6.07) is 20.9. The highest BCUT2D eigenvalue weighted by molar-refractivity contribution is 6.30. The minimum absolute atomic E-state index is 0.194. The van der Waals surface area contributed by atoms with Gasteiger partial charge in [-0.3, -0.25) is 0 Å². The van der Waals surface area contributed by atoms with Crippen molar-refractivity contribution in [2.45, 2.75) is 38.0 Å². The van der Waals surface area contributed by atoms with Crippen LogP contribution < -0.4 is 0 Å². The van der Waals surface area contributed by atoms with E-state index >= 15 is 0 Å². The number of rotatable bonds is 4. The first-order chi connectivity index (χ1) is 12.3. The fraction of sp³-hybridized carbons (Fsp3) is 0.250. The minimum atomic E-state index is 0.194. The normalized spacial score (nSPS) is 15.7. The van der Waals surface area contributed by atoms with E-state index in [0.29, 0.717) is 0 Å². The van der Waals surface area contributed by atoms with Crippen LogP contribution in [0.5, 0.6) is 0 Å². The molecule has 0 heterocycles.